The Morgan fingerprint density at radius 2 is 1.22 bits per heavy atom. The molecule has 190 valence electrons. The van der Waals surface area contributed by atoms with Gasteiger partial charge in [0.05, 0.1) is 0 Å². The Labute approximate surface area is 221 Å². The smallest absolute Gasteiger partial charge is 0.128 e. The van der Waals surface area contributed by atoms with Gasteiger partial charge in [-0.15, -0.1) is 0 Å². The molecule has 0 fully saturated rings. The molecule has 0 aliphatic rings. The number of hydrogen-bond acceptors (Lipinski definition) is 2. The Morgan fingerprint density at radius 1 is 0.649 bits per heavy atom. The van der Waals surface area contributed by atoms with E-state index in [1.165, 1.54) is 16.7 Å². The van der Waals surface area contributed by atoms with E-state index in [1.54, 1.807) is 6.07 Å². The lowest BCUT2D eigenvalue weighted by molar-refractivity contribution is 0.363. The first-order chi connectivity index (χ1) is 17.9. The summed E-state index contributed by atoms with van der Waals surface area (Å²) >= 11 is 0. The predicted molar refractivity (Wildman–Crippen MR) is 159 cm³/mol. The highest BCUT2D eigenvalue weighted by Gasteiger charge is 2.17. The van der Waals surface area contributed by atoms with Crippen molar-refractivity contribution in [2.45, 2.75) is 53.4 Å². The molecule has 0 aromatic heterocycles. The number of phenols is 1. The lowest BCUT2D eigenvalue weighted by Crippen LogP contribution is -1.98. The summed E-state index contributed by atoms with van der Waals surface area (Å²) in [6, 6.07) is 24.3. The zero-order valence-corrected chi connectivity index (χ0v) is 22.6. The quantitative estimate of drug-likeness (QED) is 0.224. The number of benzene rings is 4. The number of hydrogen-bond donors (Lipinski definition) is 1. The van der Waals surface area contributed by atoms with Crippen LogP contribution in [0.3, 0.4) is 0 Å². The molecule has 0 bridgehead atoms. The molecule has 0 aliphatic heterocycles. The monoisotopic (exact) mass is 490 g/mol. The lowest BCUT2D eigenvalue weighted by atomic mass is 9.92. The molecule has 37 heavy (non-hydrogen) atoms. The highest BCUT2D eigenvalue weighted by molar-refractivity contribution is 6.09. The Hall–Kier alpha value is -3.78. The topological polar surface area (TPSA) is 29.5 Å². The molecule has 4 aromatic rings. The van der Waals surface area contributed by atoms with Crippen molar-refractivity contribution in [3.63, 3.8) is 0 Å². The van der Waals surface area contributed by atoms with Crippen LogP contribution in [0, 0.1) is 0 Å². The summed E-state index contributed by atoms with van der Waals surface area (Å²) < 4.78 is 6.37. The first-order valence-corrected chi connectivity index (χ1v) is 13.2. The number of aromatic hydroxyl groups is 1. The number of phenolic OH excluding ortho intramolecular Hbond substituents is 1. The van der Waals surface area contributed by atoms with Crippen LogP contribution in [0.15, 0.2) is 108 Å². The van der Waals surface area contributed by atoms with E-state index in [4.69, 9.17) is 4.74 Å². The van der Waals surface area contributed by atoms with Gasteiger partial charge in [0.1, 0.15) is 18.1 Å². The van der Waals surface area contributed by atoms with Gasteiger partial charge < -0.3 is 9.84 Å². The van der Waals surface area contributed by atoms with Crippen molar-refractivity contribution in [2.24, 2.45) is 0 Å². The molecule has 0 aliphatic carbocycles. The molecule has 1 N–H and O–H groups in total. The molecule has 4 rings (SSSR count). The summed E-state index contributed by atoms with van der Waals surface area (Å²) in [5, 5.41) is 15.3. The van der Waals surface area contributed by atoms with Crippen molar-refractivity contribution in [1.82, 2.24) is 0 Å². The van der Waals surface area contributed by atoms with E-state index in [-0.39, 0.29) is 5.75 Å². The average Bonchev–Trinajstić information content (AvgIpc) is 2.89. The summed E-state index contributed by atoms with van der Waals surface area (Å²) in [6.07, 6.45) is 11.2. The highest BCUT2D eigenvalue weighted by atomic mass is 16.5. The van der Waals surface area contributed by atoms with Crippen LogP contribution in [0.25, 0.3) is 32.7 Å². The minimum Gasteiger partial charge on any atom is -0.507 e. The standard InChI is InChI=1S/C35H38O2/c1-25(2)11-9-12-26(3)13-10-14-27(4)23-24-37-33-22-20-29-16-6-8-18-31(29)35(33)34-30-17-7-5-15-28(30)19-21-32(34)36/h5-8,11,13,15-23,36H,9-10,12,14,24H2,1-4H3/b26-13-,27-23-. The van der Waals surface area contributed by atoms with Gasteiger partial charge in [-0.25, -0.2) is 0 Å². The molecule has 0 radical (unpaired) electrons. The molecule has 4 aromatic carbocycles. The van der Waals surface area contributed by atoms with E-state index in [0.29, 0.717) is 6.61 Å². The van der Waals surface area contributed by atoms with Gasteiger partial charge in [-0.05, 0) is 93.1 Å². The largest absolute Gasteiger partial charge is 0.507 e. The SMILES string of the molecule is CC(C)=CCC/C(C)=C\CC/C(C)=C\COc1ccc2ccccc2c1-c1c(O)ccc2ccccc12. The fourth-order valence-electron chi connectivity index (χ4n) is 4.77. The third kappa shape index (κ3) is 6.71. The fourth-order valence-corrected chi connectivity index (χ4v) is 4.77. The van der Waals surface area contributed by atoms with Gasteiger partial charge in [0.2, 0.25) is 0 Å². The molecule has 0 spiro atoms. The predicted octanol–water partition coefficient (Wildman–Crippen LogP) is 10.2. The minimum absolute atomic E-state index is 0.262. The molecule has 2 heteroatoms. The van der Waals surface area contributed by atoms with Crippen LogP contribution in [-0.4, -0.2) is 11.7 Å². The van der Waals surface area contributed by atoms with Crippen LogP contribution in [0.5, 0.6) is 11.5 Å². The van der Waals surface area contributed by atoms with E-state index in [0.717, 1.165) is 64.1 Å². The molecule has 0 atom stereocenters. The number of fused-ring (bicyclic) bond motifs is 2. The maximum Gasteiger partial charge on any atom is 0.128 e. The molecule has 0 amide bonds. The summed E-state index contributed by atoms with van der Waals surface area (Å²) in [7, 11) is 0. The maximum absolute atomic E-state index is 11.0. The van der Waals surface area contributed by atoms with Gasteiger partial charge in [-0.1, -0.05) is 89.5 Å². The van der Waals surface area contributed by atoms with Gasteiger partial charge in [-0.2, -0.15) is 0 Å². The average molecular weight is 491 g/mol. The molecule has 0 unspecified atom stereocenters. The van der Waals surface area contributed by atoms with E-state index >= 15 is 0 Å². The molecule has 0 saturated carbocycles. The van der Waals surface area contributed by atoms with Crippen LogP contribution in [-0.2, 0) is 0 Å². The highest BCUT2D eigenvalue weighted by Crippen LogP contribution is 2.44. The third-order valence-electron chi connectivity index (χ3n) is 6.84. The Kier molecular flexibility index (Phi) is 8.85. The zero-order valence-electron chi connectivity index (χ0n) is 22.6. The van der Waals surface area contributed by atoms with Crippen LogP contribution < -0.4 is 4.74 Å². The van der Waals surface area contributed by atoms with Crippen LogP contribution in [0.2, 0.25) is 0 Å². The van der Waals surface area contributed by atoms with E-state index < -0.39 is 0 Å². The van der Waals surface area contributed by atoms with Crippen molar-refractivity contribution in [2.75, 3.05) is 6.61 Å². The normalized spacial score (nSPS) is 12.2. The summed E-state index contributed by atoms with van der Waals surface area (Å²) in [4.78, 5) is 0. The number of ether oxygens (including phenoxy) is 1. The van der Waals surface area contributed by atoms with Crippen molar-refractivity contribution in [3.05, 3.63) is 108 Å². The summed E-state index contributed by atoms with van der Waals surface area (Å²) in [5.41, 5.74) is 5.92. The van der Waals surface area contributed by atoms with Gasteiger partial charge in [0.25, 0.3) is 0 Å². The second-order valence-corrected chi connectivity index (χ2v) is 10.1. The molecule has 0 saturated heterocycles. The van der Waals surface area contributed by atoms with Crippen LogP contribution >= 0.6 is 0 Å². The number of rotatable bonds is 10. The Morgan fingerprint density at radius 3 is 1.89 bits per heavy atom. The van der Waals surface area contributed by atoms with Crippen molar-refractivity contribution >= 4 is 21.5 Å². The first kappa shape index (κ1) is 26.3. The van der Waals surface area contributed by atoms with E-state index in [2.05, 4.69) is 76.3 Å². The molecule has 2 nitrogen and oxygen atoms in total. The van der Waals surface area contributed by atoms with Gasteiger partial charge in [0, 0.05) is 11.1 Å². The van der Waals surface area contributed by atoms with E-state index in [9.17, 15) is 5.11 Å². The van der Waals surface area contributed by atoms with Crippen molar-refractivity contribution in [1.29, 1.82) is 0 Å². The second kappa shape index (κ2) is 12.5. The van der Waals surface area contributed by atoms with Crippen molar-refractivity contribution in [3.8, 4) is 22.6 Å². The molecule has 0 heterocycles. The van der Waals surface area contributed by atoms with Gasteiger partial charge >= 0.3 is 0 Å². The van der Waals surface area contributed by atoms with Gasteiger partial charge in [-0.3, -0.25) is 0 Å². The zero-order chi connectivity index (χ0) is 26.2. The maximum atomic E-state index is 11.0. The van der Waals surface area contributed by atoms with Crippen molar-refractivity contribution < 1.29 is 9.84 Å². The third-order valence-corrected chi connectivity index (χ3v) is 6.84. The van der Waals surface area contributed by atoms with Crippen LogP contribution in [0.1, 0.15) is 53.4 Å². The summed E-state index contributed by atoms with van der Waals surface area (Å²) in [5.74, 6) is 1.04. The minimum atomic E-state index is 0.262. The first-order valence-electron chi connectivity index (χ1n) is 13.2. The molecular formula is C35H38O2. The Bertz CT molecular complexity index is 1470. The summed E-state index contributed by atoms with van der Waals surface area (Å²) in [6.45, 7) is 9.20. The second-order valence-electron chi connectivity index (χ2n) is 10.1. The van der Waals surface area contributed by atoms with E-state index in [1.807, 2.05) is 36.4 Å². The Balaban J connectivity index is 1.55. The fraction of sp³-hybridized carbons (Fsp3) is 0.257. The molecular weight excluding hydrogens is 452 g/mol. The van der Waals surface area contributed by atoms with Crippen LogP contribution in [0.4, 0.5) is 0 Å². The lowest BCUT2D eigenvalue weighted by Gasteiger charge is -2.17. The van der Waals surface area contributed by atoms with Gasteiger partial charge in [0.15, 0.2) is 0 Å². The number of allylic oxidation sites excluding steroid dienone is 5.